The Bertz CT molecular complexity index is 891. The van der Waals surface area contributed by atoms with Gasteiger partial charge in [-0.1, -0.05) is 24.3 Å². The molecule has 3 aromatic rings. The predicted molar refractivity (Wildman–Crippen MR) is 82.3 cm³/mol. The molecule has 1 heterocycles. The van der Waals surface area contributed by atoms with Crippen LogP contribution in [0.15, 0.2) is 54.2 Å². The van der Waals surface area contributed by atoms with E-state index in [1.807, 2.05) is 36.4 Å². The predicted octanol–water partition coefficient (Wildman–Crippen LogP) is 4.40. The van der Waals surface area contributed by atoms with Crippen LogP contribution in [-0.4, -0.2) is 0 Å². The smallest absolute Gasteiger partial charge is 0.145 e. The Balaban J connectivity index is 2.04. The first-order valence-corrected chi connectivity index (χ1v) is 6.81. The highest BCUT2D eigenvalue weighted by atomic mass is 32.1. The number of nitriles is 2. The summed E-state index contributed by atoms with van der Waals surface area (Å²) in [6.07, 6.45) is 1.43. The van der Waals surface area contributed by atoms with Gasteiger partial charge in [0.1, 0.15) is 17.7 Å². The van der Waals surface area contributed by atoms with E-state index in [2.05, 4.69) is 23.5 Å². The van der Waals surface area contributed by atoms with Crippen LogP contribution in [0, 0.1) is 22.7 Å². The monoisotopic (exact) mass is 275 g/mol. The van der Waals surface area contributed by atoms with E-state index in [0.717, 1.165) is 5.69 Å². The molecule has 0 radical (unpaired) electrons. The molecule has 0 unspecified atom stereocenters. The second-order valence-electron chi connectivity index (χ2n) is 4.24. The van der Waals surface area contributed by atoms with Crippen molar-refractivity contribution in [1.82, 2.24) is 0 Å². The molecule has 0 saturated heterocycles. The van der Waals surface area contributed by atoms with Gasteiger partial charge in [-0.05, 0) is 18.2 Å². The van der Waals surface area contributed by atoms with Gasteiger partial charge in [0.15, 0.2) is 0 Å². The van der Waals surface area contributed by atoms with Gasteiger partial charge in [0.25, 0.3) is 0 Å². The summed E-state index contributed by atoms with van der Waals surface area (Å²) in [6, 6.07) is 18.0. The van der Waals surface area contributed by atoms with Crippen LogP contribution >= 0.6 is 11.3 Å². The number of hydrogen-bond donors (Lipinski definition) is 1. The summed E-state index contributed by atoms with van der Waals surface area (Å²) in [7, 11) is 0. The van der Waals surface area contributed by atoms with E-state index in [-0.39, 0.29) is 5.57 Å². The van der Waals surface area contributed by atoms with Crippen LogP contribution < -0.4 is 5.32 Å². The quantitative estimate of drug-likeness (QED) is 0.705. The van der Waals surface area contributed by atoms with Crippen molar-refractivity contribution in [1.29, 1.82) is 10.5 Å². The van der Waals surface area contributed by atoms with Crippen molar-refractivity contribution in [3.63, 3.8) is 0 Å². The average molecular weight is 275 g/mol. The third-order valence-electron chi connectivity index (χ3n) is 3.00. The Kier molecular flexibility index (Phi) is 3.09. The normalized spacial score (nSPS) is 9.90. The molecule has 0 aliphatic heterocycles. The van der Waals surface area contributed by atoms with Gasteiger partial charge in [-0.3, -0.25) is 0 Å². The van der Waals surface area contributed by atoms with Crippen molar-refractivity contribution in [2.45, 2.75) is 0 Å². The van der Waals surface area contributed by atoms with Gasteiger partial charge in [0.05, 0.1) is 0 Å². The highest BCUT2D eigenvalue weighted by Gasteiger charge is 2.04. The first kappa shape index (κ1) is 12.2. The molecule has 0 bridgehead atoms. The molecule has 1 N–H and O–H groups in total. The second-order valence-corrected chi connectivity index (χ2v) is 5.32. The molecule has 0 aliphatic carbocycles. The number of benzene rings is 2. The van der Waals surface area contributed by atoms with E-state index in [1.165, 1.54) is 26.4 Å². The molecule has 20 heavy (non-hydrogen) atoms. The molecule has 0 spiro atoms. The Hall–Kier alpha value is -2.82. The first-order valence-electron chi connectivity index (χ1n) is 6.00. The van der Waals surface area contributed by atoms with Crippen LogP contribution in [0.5, 0.6) is 0 Å². The molecule has 3 rings (SSSR count). The molecular weight excluding hydrogens is 266 g/mol. The highest BCUT2D eigenvalue weighted by molar-refractivity contribution is 7.25. The van der Waals surface area contributed by atoms with Gasteiger partial charge in [-0.2, -0.15) is 10.5 Å². The zero-order chi connectivity index (χ0) is 13.9. The number of allylic oxidation sites excluding steroid dienone is 1. The zero-order valence-corrected chi connectivity index (χ0v) is 11.2. The third-order valence-corrected chi connectivity index (χ3v) is 4.14. The Morgan fingerprint density at radius 2 is 1.75 bits per heavy atom. The summed E-state index contributed by atoms with van der Waals surface area (Å²) in [5, 5.41) is 22.8. The number of anilines is 1. The van der Waals surface area contributed by atoms with Crippen LogP contribution in [0.3, 0.4) is 0 Å². The van der Waals surface area contributed by atoms with Gasteiger partial charge in [-0.15, -0.1) is 11.3 Å². The maximum atomic E-state index is 8.69. The number of nitrogens with one attached hydrogen (secondary N) is 1. The first-order chi connectivity index (χ1) is 9.81. The van der Waals surface area contributed by atoms with Gasteiger partial charge >= 0.3 is 0 Å². The van der Waals surface area contributed by atoms with Crippen LogP contribution in [-0.2, 0) is 0 Å². The van der Waals surface area contributed by atoms with Crippen LogP contribution in [0.2, 0.25) is 0 Å². The fourth-order valence-corrected chi connectivity index (χ4v) is 3.21. The van der Waals surface area contributed by atoms with E-state index in [1.54, 1.807) is 11.3 Å². The molecule has 0 amide bonds. The summed E-state index contributed by atoms with van der Waals surface area (Å²) >= 11 is 1.73. The SMILES string of the molecule is N#CC(C#N)=CNc1ccc2c(c1)sc1ccccc12. The standard InChI is InChI=1S/C16H9N3S/c17-8-11(9-18)10-19-12-5-6-14-13-3-1-2-4-15(13)20-16(14)7-12/h1-7,10,19H. The molecule has 4 heteroatoms. The van der Waals surface area contributed by atoms with Crippen molar-refractivity contribution in [2.24, 2.45) is 0 Å². The lowest BCUT2D eigenvalue weighted by molar-refractivity contribution is 1.45. The lowest BCUT2D eigenvalue weighted by Crippen LogP contribution is -1.88. The molecule has 1 aromatic heterocycles. The van der Waals surface area contributed by atoms with Crippen molar-refractivity contribution in [3.05, 3.63) is 54.2 Å². The zero-order valence-electron chi connectivity index (χ0n) is 10.4. The number of thiophene rings is 1. The molecule has 0 saturated carbocycles. The largest absolute Gasteiger partial charge is 0.360 e. The lowest BCUT2D eigenvalue weighted by Gasteiger charge is -2.00. The minimum atomic E-state index is 0.0569. The fourth-order valence-electron chi connectivity index (χ4n) is 2.06. The van der Waals surface area contributed by atoms with Crippen LogP contribution in [0.4, 0.5) is 5.69 Å². The Morgan fingerprint density at radius 1 is 1.00 bits per heavy atom. The number of fused-ring (bicyclic) bond motifs is 3. The van der Waals surface area contributed by atoms with Crippen molar-refractivity contribution >= 4 is 37.2 Å². The number of nitrogens with zero attached hydrogens (tertiary/aromatic N) is 2. The number of rotatable bonds is 2. The highest BCUT2D eigenvalue weighted by Crippen LogP contribution is 2.34. The van der Waals surface area contributed by atoms with Crippen LogP contribution in [0.25, 0.3) is 20.2 Å². The fraction of sp³-hybridized carbons (Fsp3) is 0. The van der Waals surface area contributed by atoms with E-state index in [0.29, 0.717) is 0 Å². The van der Waals surface area contributed by atoms with E-state index >= 15 is 0 Å². The average Bonchev–Trinajstić information content (AvgIpc) is 2.86. The topological polar surface area (TPSA) is 59.6 Å². The maximum absolute atomic E-state index is 8.69. The molecule has 2 aromatic carbocycles. The van der Waals surface area contributed by atoms with Gasteiger partial charge in [0.2, 0.25) is 0 Å². The van der Waals surface area contributed by atoms with Crippen LogP contribution in [0.1, 0.15) is 0 Å². The summed E-state index contributed by atoms with van der Waals surface area (Å²) in [5.74, 6) is 0. The Morgan fingerprint density at radius 3 is 2.55 bits per heavy atom. The van der Waals surface area contributed by atoms with Gasteiger partial charge in [0, 0.05) is 32.1 Å². The lowest BCUT2D eigenvalue weighted by atomic mass is 10.1. The summed E-state index contributed by atoms with van der Waals surface area (Å²) < 4.78 is 2.44. The molecular formula is C16H9N3S. The number of hydrogen-bond acceptors (Lipinski definition) is 4. The Labute approximate surface area is 120 Å². The summed E-state index contributed by atoms with van der Waals surface area (Å²) in [4.78, 5) is 0. The molecule has 94 valence electrons. The van der Waals surface area contributed by atoms with E-state index in [9.17, 15) is 0 Å². The molecule has 3 nitrogen and oxygen atoms in total. The minimum absolute atomic E-state index is 0.0569. The summed E-state index contributed by atoms with van der Waals surface area (Å²) in [5.41, 5.74) is 0.925. The molecule has 0 atom stereocenters. The maximum Gasteiger partial charge on any atom is 0.145 e. The van der Waals surface area contributed by atoms with Crippen molar-refractivity contribution < 1.29 is 0 Å². The minimum Gasteiger partial charge on any atom is -0.360 e. The van der Waals surface area contributed by atoms with Gasteiger partial charge in [-0.25, -0.2) is 0 Å². The molecule has 0 aliphatic rings. The van der Waals surface area contributed by atoms with Crippen molar-refractivity contribution in [2.75, 3.05) is 5.32 Å². The molecule has 0 fully saturated rings. The van der Waals surface area contributed by atoms with E-state index in [4.69, 9.17) is 10.5 Å². The van der Waals surface area contributed by atoms with Crippen molar-refractivity contribution in [3.8, 4) is 12.1 Å². The van der Waals surface area contributed by atoms with E-state index < -0.39 is 0 Å². The second kappa shape index (κ2) is 5.05. The third kappa shape index (κ3) is 2.09. The summed E-state index contributed by atoms with van der Waals surface area (Å²) in [6.45, 7) is 0. The van der Waals surface area contributed by atoms with Gasteiger partial charge < -0.3 is 5.32 Å².